The molecule has 21 heavy (non-hydrogen) atoms. The molecule has 0 unspecified atom stereocenters. The summed E-state index contributed by atoms with van der Waals surface area (Å²) < 4.78 is 14.3. The van der Waals surface area contributed by atoms with E-state index in [4.69, 9.17) is 4.74 Å². The van der Waals surface area contributed by atoms with E-state index in [0.29, 0.717) is 12.5 Å². The maximum Gasteiger partial charge on any atom is 0.270 e. The van der Waals surface area contributed by atoms with Crippen LogP contribution in [0.1, 0.15) is 13.3 Å². The predicted molar refractivity (Wildman–Crippen MR) is 86.6 cm³/mol. The van der Waals surface area contributed by atoms with E-state index >= 15 is 0 Å². The van der Waals surface area contributed by atoms with Gasteiger partial charge in [-0.25, -0.2) is 0 Å². The van der Waals surface area contributed by atoms with Gasteiger partial charge in [0.25, 0.3) is 5.88 Å². The summed E-state index contributed by atoms with van der Waals surface area (Å²) >= 11 is 1.23. The van der Waals surface area contributed by atoms with Gasteiger partial charge in [-0.3, -0.25) is 0 Å². The first-order valence-electron chi connectivity index (χ1n) is 7.39. The molecule has 1 aliphatic heterocycles. The van der Waals surface area contributed by atoms with Crippen molar-refractivity contribution >= 4 is 23.2 Å². The first-order valence-corrected chi connectivity index (χ1v) is 8.12. The Morgan fingerprint density at radius 2 is 1.76 bits per heavy atom. The fraction of sp³-hybridized carbons (Fsp3) is 0.467. The zero-order valence-electron chi connectivity index (χ0n) is 12.2. The number of hydrogen-bond acceptors (Lipinski definition) is 6. The Hall–Kier alpha value is -1.82. The predicted octanol–water partition coefficient (Wildman–Crippen LogP) is 2.65. The molecule has 1 aromatic carbocycles. The number of benzene rings is 1. The fourth-order valence-electron chi connectivity index (χ4n) is 2.47. The van der Waals surface area contributed by atoms with Gasteiger partial charge in [-0.2, -0.15) is 4.37 Å². The topological polar surface area (TPSA) is 41.5 Å². The number of rotatable bonds is 5. The third kappa shape index (κ3) is 3.26. The zero-order chi connectivity index (χ0) is 14.5. The highest BCUT2D eigenvalue weighted by molar-refractivity contribution is 6.99. The van der Waals surface area contributed by atoms with E-state index in [1.165, 1.54) is 17.4 Å². The van der Waals surface area contributed by atoms with Crippen molar-refractivity contribution in [2.75, 3.05) is 42.6 Å². The van der Waals surface area contributed by atoms with Gasteiger partial charge in [-0.15, -0.1) is 4.37 Å². The lowest BCUT2D eigenvalue weighted by Gasteiger charge is -2.36. The van der Waals surface area contributed by atoms with Crippen LogP contribution in [0.25, 0.3) is 0 Å². The van der Waals surface area contributed by atoms with Crippen molar-refractivity contribution in [1.29, 1.82) is 0 Å². The molecule has 2 heterocycles. The average molecular weight is 304 g/mol. The van der Waals surface area contributed by atoms with Crippen molar-refractivity contribution in [2.45, 2.75) is 13.3 Å². The lowest BCUT2D eigenvalue weighted by atomic mass is 10.2. The van der Waals surface area contributed by atoms with Crippen LogP contribution in [0.15, 0.2) is 30.3 Å². The minimum atomic E-state index is 0.690. The smallest absolute Gasteiger partial charge is 0.270 e. The van der Waals surface area contributed by atoms with Gasteiger partial charge in [0.05, 0.1) is 18.3 Å². The summed E-state index contributed by atoms with van der Waals surface area (Å²) in [4.78, 5) is 4.68. The maximum atomic E-state index is 5.67. The SMILES string of the molecule is CCCOc1nsnc1N1CCN(c2ccccc2)CC1. The van der Waals surface area contributed by atoms with Crippen LogP contribution in [-0.2, 0) is 0 Å². The number of nitrogens with zero attached hydrogens (tertiary/aromatic N) is 4. The molecule has 3 rings (SSSR count). The van der Waals surface area contributed by atoms with Crippen molar-refractivity contribution in [1.82, 2.24) is 8.75 Å². The second kappa shape index (κ2) is 6.76. The van der Waals surface area contributed by atoms with Crippen molar-refractivity contribution in [3.8, 4) is 5.88 Å². The van der Waals surface area contributed by atoms with Gasteiger partial charge in [-0.1, -0.05) is 25.1 Å². The number of hydrogen-bond donors (Lipinski definition) is 0. The van der Waals surface area contributed by atoms with E-state index in [2.05, 4.69) is 55.8 Å². The Morgan fingerprint density at radius 3 is 2.48 bits per heavy atom. The molecular formula is C15H20N4OS. The number of piperazine rings is 1. The van der Waals surface area contributed by atoms with E-state index in [0.717, 1.165) is 38.4 Å². The number of para-hydroxylation sites is 1. The highest BCUT2D eigenvalue weighted by Crippen LogP contribution is 2.27. The Balaban J connectivity index is 1.62. The molecule has 0 aliphatic carbocycles. The van der Waals surface area contributed by atoms with Crippen LogP contribution < -0.4 is 14.5 Å². The highest BCUT2D eigenvalue weighted by atomic mass is 32.1. The summed E-state index contributed by atoms with van der Waals surface area (Å²) in [6.45, 7) is 6.68. The normalized spacial score (nSPS) is 15.3. The van der Waals surface area contributed by atoms with E-state index in [-0.39, 0.29) is 0 Å². The van der Waals surface area contributed by atoms with E-state index in [9.17, 15) is 0 Å². The highest BCUT2D eigenvalue weighted by Gasteiger charge is 2.22. The molecule has 1 saturated heterocycles. The molecule has 0 amide bonds. The van der Waals surface area contributed by atoms with Crippen LogP contribution in [0, 0.1) is 0 Å². The molecule has 0 saturated carbocycles. The van der Waals surface area contributed by atoms with Gasteiger partial charge in [0.2, 0.25) is 5.82 Å². The molecule has 1 fully saturated rings. The van der Waals surface area contributed by atoms with Crippen molar-refractivity contribution in [3.05, 3.63) is 30.3 Å². The molecule has 0 radical (unpaired) electrons. The van der Waals surface area contributed by atoms with Gasteiger partial charge >= 0.3 is 0 Å². The maximum absolute atomic E-state index is 5.67. The Kier molecular flexibility index (Phi) is 4.55. The third-order valence-corrected chi connectivity index (χ3v) is 4.09. The van der Waals surface area contributed by atoms with Crippen LogP contribution in [-0.4, -0.2) is 41.5 Å². The lowest BCUT2D eigenvalue weighted by Crippen LogP contribution is -2.46. The lowest BCUT2D eigenvalue weighted by molar-refractivity contribution is 0.308. The van der Waals surface area contributed by atoms with Crippen molar-refractivity contribution in [2.24, 2.45) is 0 Å². The largest absolute Gasteiger partial charge is 0.474 e. The quantitative estimate of drug-likeness (QED) is 0.849. The minimum Gasteiger partial charge on any atom is -0.474 e. The molecule has 1 aromatic heterocycles. The van der Waals surface area contributed by atoms with Crippen LogP contribution in [0.5, 0.6) is 5.88 Å². The summed E-state index contributed by atoms with van der Waals surface area (Å²) in [5.41, 5.74) is 1.29. The third-order valence-electron chi connectivity index (χ3n) is 3.59. The first-order chi connectivity index (χ1) is 10.4. The van der Waals surface area contributed by atoms with Gasteiger partial charge < -0.3 is 14.5 Å². The second-order valence-electron chi connectivity index (χ2n) is 5.05. The molecular weight excluding hydrogens is 284 g/mol. The van der Waals surface area contributed by atoms with Crippen molar-refractivity contribution in [3.63, 3.8) is 0 Å². The summed E-state index contributed by atoms with van der Waals surface area (Å²) in [5.74, 6) is 1.59. The average Bonchev–Trinajstić information content (AvgIpc) is 3.02. The first kappa shape index (κ1) is 14.1. The number of anilines is 2. The zero-order valence-corrected chi connectivity index (χ0v) is 13.1. The van der Waals surface area contributed by atoms with Crippen LogP contribution in [0.2, 0.25) is 0 Å². The van der Waals surface area contributed by atoms with Gasteiger partial charge in [0.15, 0.2) is 0 Å². The molecule has 0 spiro atoms. The Bertz CT molecular complexity index is 552. The van der Waals surface area contributed by atoms with Crippen LogP contribution in [0.4, 0.5) is 11.5 Å². The monoisotopic (exact) mass is 304 g/mol. The second-order valence-corrected chi connectivity index (χ2v) is 5.58. The molecule has 0 N–H and O–H groups in total. The van der Waals surface area contributed by atoms with E-state index in [1.807, 2.05) is 0 Å². The molecule has 112 valence electrons. The van der Waals surface area contributed by atoms with E-state index in [1.54, 1.807) is 0 Å². The molecule has 5 nitrogen and oxygen atoms in total. The van der Waals surface area contributed by atoms with Gasteiger partial charge in [0, 0.05) is 31.9 Å². The molecule has 0 bridgehead atoms. The molecule has 6 heteroatoms. The fourth-order valence-corrected chi connectivity index (χ4v) is 2.99. The van der Waals surface area contributed by atoms with Crippen LogP contribution >= 0.6 is 11.7 Å². The Morgan fingerprint density at radius 1 is 1.05 bits per heavy atom. The number of ether oxygens (including phenoxy) is 1. The molecule has 2 aromatic rings. The summed E-state index contributed by atoms with van der Waals surface area (Å²) in [6, 6.07) is 10.6. The molecule has 0 atom stereocenters. The number of aromatic nitrogens is 2. The summed E-state index contributed by atoms with van der Waals surface area (Å²) in [7, 11) is 0. The minimum absolute atomic E-state index is 0.690. The molecule has 1 aliphatic rings. The van der Waals surface area contributed by atoms with Gasteiger partial charge in [0.1, 0.15) is 0 Å². The van der Waals surface area contributed by atoms with E-state index < -0.39 is 0 Å². The summed E-state index contributed by atoms with van der Waals surface area (Å²) in [5, 5.41) is 0. The standard InChI is InChI=1S/C15H20N4OS/c1-2-12-20-15-14(16-21-17-15)19-10-8-18(9-11-19)13-6-4-3-5-7-13/h3-7H,2,8-12H2,1H3. The van der Waals surface area contributed by atoms with Gasteiger partial charge in [-0.05, 0) is 18.6 Å². The van der Waals surface area contributed by atoms with Crippen LogP contribution in [0.3, 0.4) is 0 Å². The van der Waals surface area contributed by atoms with Crippen molar-refractivity contribution < 1.29 is 4.74 Å². The summed E-state index contributed by atoms with van der Waals surface area (Å²) in [6.07, 6.45) is 0.985. The Labute approximate surface area is 129 Å².